The third-order valence-corrected chi connectivity index (χ3v) is 1.53. The van der Waals surface area contributed by atoms with Crippen molar-refractivity contribution in [2.45, 2.75) is 6.42 Å². The molecule has 1 aliphatic rings. The van der Waals surface area contributed by atoms with Gasteiger partial charge in [0.2, 0.25) is 10.3 Å². The summed E-state index contributed by atoms with van der Waals surface area (Å²) in [6.45, 7) is 0. The molecule has 0 N–H and O–H groups in total. The van der Waals surface area contributed by atoms with E-state index < -0.39 is 10.3 Å². The van der Waals surface area contributed by atoms with Gasteiger partial charge in [0.15, 0.2) is 0 Å². The molecule has 47 valence electrons. The van der Waals surface area contributed by atoms with Gasteiger partial charge in [0.05, 0.1) is 0 Å². The molecule has 1 radical (unpaired) electrons. The quantitative estimate of drug-likeness (QED) is 0.443. The van der Waals surface area contributed by atoms with Gasteiger partial charge in [-0.1, -0.05) is 6.08 Å². The smallest absolute Gasteiger partial charge is 0.219 e. The molecular weight excluding hydrogens is 138 g/mol. The van der Waals surface area contributed by atoms with Gasteiger partial charge in [-0.3, -0.25) is 4.99 Å². The molecule has 1 heterocycles. The second-order valence-corrected chi connectivity index (χ2v) is 2.45. The maximum atomic E-state index is 10.2. The lowest BCUT2D eigenvalue weighted by atomic mass is 10.3. The summed E-state index contributed by atoms with van der Waals surface area (Å²) >= 11 is 0. The fourth-order valence-electron chi connectivity index (χ4n) is 0.473. The number of rotatable bonds is 0. The molecule has 0 bridgehead atoms. The minimum absolute atomic E-state index is 0.220. The topological polar surface area (TPSA) is 46.5 Å². The summed E-state index contributed by atoms with van der Waals surface area (Å²) in [6.07, 6.45) is 5.97. The molecule has 0 aromatic heterocycles. The minimum atomic E-state index is -2.14. The number of allylic oxidation sites excluding steroid dienone is 1. The van der Waals surface area contributed by atoms with E-state index in [1.54, 1.807) is 6.08 Å². The summed E-state index contributed by atoms with van der Waals surface area (Å²) in [5.41, 5.74) is 0. The van der Waals surface area contributed by atoms with Crippen molar-refractivity contribution in [3.63, 3.8) is 0 Å². The van der Waals surface area contributed by atoms with Gasteiger partial charge >= 0.3 is 0 Å². The van der Waals surface area contributed by atoms with Crippen LogP contribution in [0.5, 0.6) is 0 Å². The van der Waals surface area contributed by atoms with Crippen molar-refractivity contribution in [2.24, 2.45) is 4.99 Å². The Labute approximate surface area is 54.3 Å². The Morgan fingerprint density at radius 2 is 2.44 bits per heavy atom. The van der Waals surface area contributed by atoms with E-state index in [9.17, 15) is 8.42 Å². The molecule has 1 aliphatic heterocycles. The summed E-state index contributed by atoms with van der Waals surface area (Å²) < 4.78 is 20.3. The van der Waals surface area contributed by atoms with Crippen LogP contribution < -0.4 is 0 Å². The molecule has 0 saturated heterocycles. The van der Waals surface area contributed by atoms with Crippen molar-refractivity contribution in [1.29, 1.82) is 0 Å². The Hall–Kier alpha value is -0.900. The average Bonchev–Trinajstić information content (AvgIpc) is 1.90. The first kappa shape index (κ1) is 6.22. The van der Waals surface area contributed by atoms with Crippen LogP contribution in [0.25, 0.3) is 0 Å². The number of aliphatic imine (C=N–C) groups is 1. The summed E-state index contributed by atoms with van der Waals surface area (Å²) in [4.78, 5) is 3.74. The predicted octanol–water partition coefficient (Wildman–Crippen LogP) is -0.0969. The highest BCUT2D eigenvalue weighted by atomic mass is 32.2. The van der Waals surface area contributed by atoms with Crippen LogP contribution in [-0.2, 0) is 10.3 Å². The molecule has 9 heavy (non-hydrogen) atoms. The highest BCUT2D eigenvalue weighted by Crippen LogP contribution is 1.91. The molecular formula is C5H4NO2S. The molecule has 3 nitrogen and oxygen atoms in total. The van der Waals surface area contributed by atoms with E-state index >= 15 is 0 Å². The van der Waals surface area contributed by atoms with Crippen LogP contribution in [0, 0.1) is 0 Å². The summed E-state index contributed by atoms with van der Waals surface area (Å²) in [7, 11) is -2.14. The fourth-order valence-corrected chi connectivity index (χ4v) is 0.832. The number of hydrogen-bond acceptors (Lipinski definition) is 3. The molecule has 0 saturated carbocycles. The third kappa shape index (κ3) is 1.50. The molecule has 0 amide bonds. The Bertz CT molecular complexity index is 276. The van der Waals surface area contributed by atoms with Crippen molar-refractivity contribution in [3.05, 3.63) is 12.3 Å². The largest absolute Gasteiger partial charge is 0.254 e. The lowest BCUT2D eigenvalue weighted by Crippen LogP contribution is -2.01. The molecule has 0 aliphatic carbocycles. The molecule has 0 fully saturated rings. The standard InChI is InChI=1S/C5H4NO2S/c7-9(8)5-2-1-3-6-4-5/h1,3H,2H2. The monoisotopic (exact) mass is 142 g/mol. The molecule has 4 heteroatoms. The highest BCUT2D eigenvalue weighted by Gasteiger charge is 1.97. The zero-order valence-corrected chi connectivity index (χ0v) is 5.35. The minimum Gasteiger partial charge on any atom is -0.254 e. The molecule has 0 unspecified atom stereocenters. The first-order valence-electron chi connectivity index (χ1n) is 2.36. The first-order chi connectivity index (χ1) is 4.30. The van der Waals surface area contributed by atoms with Crippen molar-refractivity contribution < 1.29 is 8.42 Å². The van der Waals surface area contributed by atoms with Crippen molar-refractivity contribution >= 4 is 21.4 Å². The summed E-state index contributed by atoms with van der Waals surface area (Å²) in [5, 5.41) is 0. The lowest BCUT2D eigenvalue weighted by molar-refractivity contribution is 0.627. The maximum Gasteiger partial charge on any atom is 0.219 e. The SMILES string of the molecule is O=S(=O)=C1[C]=NC=CC1. The fraction of sp³-hybridized carbons (Fsp3) is 0.200. The van der Waals surface area contributed by atoms with Gasteiger partial charge in [-0.05, 0) is 0 Å². The zero-order chi connectivity index (χ0) is 6.69. The lowest BCUT2D eigenvalue weighted by Gasteiger charge is -1.90. The van der Waals surface area contributed by atoms with Gasteiger partial charge < -0.3 is 0 Å². The van der Waals surface area contributed by atoms with E-state index in [1.807, 2.05) is 0 Å². The Kier molecular flexibility index (Phi) is 1.79. The van der Waals surface area contributed by atoms with Gasteiger partial charge in [0.1, 0.15) is 11.1 Å². The normalized spacial score (nSPS) is 16.2. The van der Waals surface area contributed by atoms with Crippen molar-refractivity contribution in [1.82, 2.24) is 0 Å². The van der Waals surface area contributed by atoms with Gasteiger partial charge in [-0.25, -0.2) is 0 Å². The second-order valence-electron chi connectivity index (χ2n) is 1.49. The van der Waals surface area contributed by atoms with Crippen LogP contribution in [0.2, 0.25) is 0 Å². The Morgan fingerprint density at radius 3 is 2.78 bits per heavy atom. The van der Waals surface area contributed by atoms with E-state index in [0.717, 1.165) is 0 Å². The Morgan fingerprint density at radius 1 is 1.67 bits per heavy atom. The molecule has 0 atom stereocenters. The third-order valence-electron chi connectivity index (χ3n) is 0.874. The van der Waals surface area contributed by atoms with Crippen molar-refractivity contribution in [3.8, 4) is 0 Å². The number of hydrogen-bond donors (Lipinski definition) is 0. The maximum absolute atomic E-state index is 10.2. The zero-order valence-electron chi connectivity index (χ0n) is 4.53. The number of nitrogens with zero attached hydrogens (tertiary/aromatic N) is 1. The van der Waals surface area contributed by atoms with Crippen LogP contribution in [0.3, 0.4) is 0 Å². The van der Waals surface area contributed by atoms with Crippen LogP contribution in [0.4, 0.5) is 0 Å². The Balaban J connectivity index is 3.05. The summed E-state index contributed by atoms with van der Waals surface area (Å²) in [5.74, 6) is 0. The van der Waals surface area contributed by atoms with Gasteiger partial charge in [-0.2, -0.15) is 8.42 Å². The van der Waals surface area contributed by atoms with Gasteiger partial charge in [0, 0.05) is 12.6 Å². The van der Waals surface area contributed by atoms with E-state index in [2.05, 4.69) is 11.2 Å². The van der Waals surface area contributed by atoms with E-state index in [4.69, 9.17) is 0 Å². The van der Waals surface area contributed by atoms with E-state index in [0.29, 0.717) is 6.42 Å². The second kappa shape index (κ2) is 2.59. The molecule has 0 spiro atoms. The van der Waals surface area contributed by atoms with Crippen LogP contribution >= 0.6 is 0 Å². The van der Waals surface area contributed by atoms with Crippen LogP contribution in [0.15, 0.2) is 17.3 Å². The van der Waals surface area contributed by atoms with E-state index in [1.165, 1.54) is 6.20 Å². The summed E-state index contributed by atoms with van der Waals surface area (Å²) in [6, 6.07) is 0. The van der Waals surface area contributed by atoms with Gasteiger partial charge in [0.25, 0.3) is 0 Å². The molecule has 0 aromatic rings. The van der Waals surface area contributed by atoms with Crippen molar-refractivity contribution in [2.75, 3.05) is 0 Å². The molecule has 0 aromatic carbocycles. The molecule has 1 rings (SSSR count). The van der Waals surface area contributed by atoms with Crippen LogP contribution in [-0.4, -0.2) is 19.5 Å². The van der Waals surface area contributed by atoms with Gasteiger partial charge in [-0.15, -0.1) is 0 Å². The first-order valence-corrected chi connectivity index (χ1v) is 3.44. The average molecular weight is 142 g/mol. The predicted molar refractivity (Wildman–Crippen MR) is 35.1 cm³/mol. The highest BCUT2D eigenvalue weighted by molar-refractivity contribution is 7.74. The van der Waals surface area contributed by atoms with Crippen LogP contribution in [0.1, 0.15) is 6.42 Å². The van der Waals surface area contributed by atoms with E-state index in [-0.39, 0.29) is 4.86 Å².